The summed E-state index contributed by atoms with van der Waals surface area (Å²) in [7, 11) is 3.42. The Kier molecular flexibility index (Phi) is 5.97. The predicted octanol–water partition coefficient (Wildman–Crippen LogP) is 3.95. The zero-order valence-corrected chi connectivity index (χ0v) is 19.6. The molecule has 5 rings (SSSR count). The Bertz CT molecular complexity index is 1170. The molecule has 1 saturated heterocycles. The first kappa shape index (κ1) is 22.0. The van der Waals surface area contributed by atoms with Crippen LogP contribution in [0.2, 0.25) is 0 Å². The minimum atomic E-state index is -0.462. The van der Waals surface area contributed by atoms with Gasteiger partial charge in [0.2, 0.25) is 5.91 Å². The van der Waals surface area contributed by atoms with Crippen LogP contribution in [0.15, 0.2) is 78.9 Å². The number of para-hydroxylation sites is 1. The number of carbonyl (C=O) groups is 2. The molecule has 0 N–H and O–H groups in total. The van der Waals surface area contributed by atoms with E-state index in [0.717, 1.165) is 30.0 Å². The summed E-state index contributed by atoms with van der Waals surface area (Å²) in [6, 6.07) is 25.1. The molecule has 3 aromatic carbocycles. The van der Waals surface area contributed by atoms with Crippen LogP contribution in [0.1, 0.15) is 33.4 Å². The molecule has 0 aliphatic carbocycles. The van der Waals surface area contributed by atoms with Gasteiger partial charge in [0.25, 0.3) is 5.91 Å². The molecule has 2 aliphatic heterocycles. The molecule has 2 aliphatic rings. The summed E-state index contributed by atoms with van der Waals surface area (Å²) in [4.78, 5) is 33.3. The fraction of sp³-hybridized carbons (Fsp3) is 0.286. The van der Waals surface area contributed by atoms with Gasteiger partial charge in [-0.3, -0.25) is 9.59 Å². The lowest BCUT2D eigenvalue weighted by atomic mass is 9.79. The molecular formula is C28H29N3O3. The number of hydrogen-bond donors (Lipinski definition) is 0. The highest BCUT2D eigenvalue weighted by molar-refractivity contribution is 6.01. The Labute approximate surface area is 200 Å². The molecule has 3 aromatic rings. The molecule has 0 aromatic heterocycles. The number of fused-ring (bicyclic) bond motifs is 1. The van der Waals surface area contributed by atoms with E-state index >= 15 is 0 Å². The van der Waals surface area contributed by atoms with Crippen LogP contribution in [-0.2, 0) is 4.79 Å². The van der Waals surface area contributed by atoms with E-state index in [2.05, 4.69) is 17.0 Å². The van der Waals surface area contributed by atoms with Crippen molar-refractivity contribution < 1.29 is 14.3 Å². The summed E-state index contributed by atoms with van der Waals surface area (Å²) < 4.78 is 5.32. The second-order valence-electron chi connectivity index (χ2n) is 8.85. The molecular weight excluding hydrogens is 426 g/mol. The van der Waals surface area contributed by atoms with E-state index in [1.54, 1.807) is 19.1 Å². The minimum Gasteiger partial charge on any atom is -0.497 e. The van der Waals surface area contributed by atoms with Gasteiger partial charge in [-0.1, -0.05) is 48.5 Å². The first-order valence-electron chi connectivity index (χ1n) is 11.7. The highest BCUT2D eigenvalue weighted by Gasteiger charge is 2.44. The van der Waals surface area contributed by atoms with E-state index in [-0.39, 0.29) is 17.9 Å². The van der Waals surface area contributed by atoms with Crippen LogP contribution in [0.3, 0.4) is 0 Å². The van der Waals surface area contributed by atoms with Crippen molar-refractivity contribution in [2.24, 2.45) is 0 Å². The quantitative estimate of drug-likeness (QED) is 0.598. The van der Waals surface area contributed by atoms with Gasteiger partial charge in [0, 0.05) is 44.5 Å². The third-order valence-corrected chi connectivity index (χ3v) is 7.02. The number of benzene rings is 3. The minimum absolute atomic E-state index is 0.0608. The molecule has 1 fully saturated rings. The van der Waals surface area contributed by atoms with Gasteiger partial charge in [-0.25, -0.2) is 0 Å². The van der Waals surface area contributed by atoms with Crippen molar-refractivity contribution in [3.05, 3.63) is 95.6 Å². The summed E-state index contributed by atoms with van der Waals surface area (Å²) in [5, 5.41) is 0. The van der Waals surface area contributed by atoms with E-state index in [4.69, 9.17) is 4.74 Å². The maximum atomic E-state index is 14.1. The van der Waals surface area contributed by atoms with E-state index in [9.17, 15) is 9.59 Å². The normalized spacial score (nSPS) is 20.2. The number of anilines is 1. The van der Waals surface area contributed by atoms with Gasteiger partial charge in [-0.15, -0.1) is 0 Å². The molecule has 0 saturated carbocycles. The third-order valence-electron chi connectivity index (χ3n) is 7.02. The van der Waals surface area contributed by atoms with Crippen LogP contribution in [0.4, 0.5) is 5.69 Å². The Morgan fingerprint density at radius 3 is 2.18 bits per heavy atom. The van der Waals surface area contributed by atoms with Crippen molar-refractivity contribution in [1.82, 2.24) is 9.80 Å². The molecule has 0 unspecified atom stereocenters. The van der Waals surface area contributed by atoms with E-state index < -0.39 is 5.92 Å². The SMILES string of the molecule is COc1ccc([C@@H]2[C@@H](C(=O)N3CCN(c4ccccc4)CC3)c3ccccc3C(=O)N2C)cc1. The first-order chi connectivity index (χ1) is 16.6. The number of nitrogens with zero attached hydrogens (tertiary/aromatic N) is 3. The highest BCUT2D eigenvalue weighted by Crippen LogP contribution is 2.43. The lowest BCUT2D eigenvalue weighted by molar-refractivity contribution is -0.134. The smallest absolute Gasteiger partial charge is 0.254 e. The second kappa shape index (κ2) is 9.21. The first-order valence-corrected chi connectivity index (χ1v) is 11.7. The number of piperazine rings is 1. The molecule has 0 bridgehead atoms. The van der Waals surface area contributed by atoms with Gasteiger partial charge >= 0.3 is 0 Å². The third kappa shape index (κ3) is 3.89. The molecule has 34 heavy (non-hydrogen) atoms. The number of likely N-dealkylation sites (N-methyl/N-ethyl adjacent to an activating group) is 1. The van der Waals surface area contributed by atoms with E-state index in [1.807, 2.05) is 71.6 Å². The van der Waals surface area contributed by atoms with Gasteiger partial charge in [-0.05, 0) is 41.5 Å². The maximum Gasteiger partial charge on any atom is 0.254 e. The zero-order chi connectivity index (χ0) is 23.7. The van der Waals surface area contributed by atoms with Gasteiger partial charge in [0.1, 0.15) is 5.75 Å². The van der Waals surface area contributed by atoms with E-state index in [0.29, 0.717) is 18.7 Å². The van der Waals surface area contributed by atoms with Gasteiger partial charge in [-0.2, -0.15) is 0 Å². The van der Waals surface area contributed by atoms with Gasteiger partial charge in [0.05, 0.1) is 19.1 Å². The average molecular weight is 456 g/mol. The fourth-order valence-electron chi connectivity index (χ4n) is 5.18. The lowest BCUT2D eigenvalue weighted by Crippen LogP contribution is -2.53. The summed E-state index contributed by atoms with van der Waals surface area (Å²) in [6.07, 6.45) is 0. The molecule has 2 heterocycles. The zero-order valence-electron chi connectivity index (χ0n) is 19.6. The van der Waals surface area contributed by atoms with Crippen LogP contribution in [0.5, 0.6) is 5.75 Å². The summed E-state index contributed by atoms with van der Waals surface area (Å²) in [5.74, 6) is 0.291. The molecule has 0 spiro atoms. The van der Waals surface area contributed by atoms with Crippen molar-refractivity contribution in [1.29, 1.82) is 0 Å². The summed E-state index contributed by atoms with van der Waals surface area (Å²) in [5.41, 5.74) is 3.52. The lowest BCUT2D eigenvalue weighted by Gasteiger charge is -2.43. The van der Waals surface area contributed by atoms with Crippen LogP contribution in [-0.4, -0.2) is 62.0 Å². The topological polar surface area (TPSA) is 53.1 Å². The van der Waals surface area contributed by atoms with E-state index in [1.165, 1.54) is 5.69 Å². The van der Waals surface area contributed by atoms with Crippen molar-refractivity contribution >= 4 is 17.5 Å². The number of carbonyl (C=O) groups excluding carboxylic acids is 2. The number of ether oxygens (including phenoxy) is 1. The fourth-order valence-corrected chi connectivity index (χ4v) is 5.18. The van der Waals surface area contributed by atoms with Crippen LogP contribution in [0, 0.1) is 0 Å². The molecule has 174 valence electrons. The second-order valence-corrected chi connectivity index (χ2v) is 8.85. The number of amides is 2. The molecule has 2 atom stereocenters. The average Bonchev–Trinajstić information content (AvgIpc) is 2.91. The summed E-state index contributed by atoms with van der Waals surface area (Å²) in [6.45, 7) is 2.87. The van der Waals surface area contributed by atoms with Crippen LogP contribution in [0.25, 0.3) is 0 Å². The highest BCUT2D eigenvalue weighted by atomic mass is 16.5. The van der Waals surface area contributed by atoms with Gasteiger partial charge < -0.3 is 19.4 Å². The Hall–Kier alpha value is -3.80. The Balaban J connectivity index is 1.46. The van der Waals surface area contributed by atoms with Crippen molar-refractivity contribution in [3.8, 4) is 5.75 Å². The van der Waals surface area contributed by atoms with Crippen molar-refractivity contribution in [2.45, 2.75) is 12.0 Å². The van der Waals surface area contributed by atoms with Crippen molar-refractivity contribution in [2.75, 3.05) is 45.2 Å². The summed E-state index contributed by atoms with van der Waals surface area (Å²) >= 11 is 0. The number of rotatable bonds is 4. The van der Waals surface area contributed by atoms with Crippen LogP contribution < -0.4 is 9.64 Å². The molecule has 6 heteroatoms. The largest absolute Gasteiger partial charge is 0.497 e. The molecule has 2 amide bonds. The molecule has 0 radical (unpaired) electrons. The number of hydrogen-bond acceptors (Lipinski definition) is 4. The van der Waals surface area contributed by atoms with Crippen LogP contribution >= 0.6 is 0 Å². The Morgan fingerprint density at radius 2 is 1.50 bits per heavy atom. The standard InChI is InChI=1S/C28H29N3O3/c1-29-26(20-12-14-22(34-2)15-13-20)25(23-10-6-7-11-24(23)27(29)32)28(33)31-18-16-30(17-19-31)21-8-4-3-5-9-21/h3-15,25-26H,16-19H2,1-2H3/t25-,26+/m0/s1. The monoisotopic (exact) mass is 455 g/mol. The maximum absolute atomic E-state index is 14.1. The number of methoxy groups -OCH3 is 1. The predicted molar refractivity (Wildman–Crippen MR) is 132 cm³/mol. The van der Waals surface area contributed by atoms with Gasteiger partial charge in [0.15, 0.2) is 0 Å². The molecule has 6 nitrogen and oxygen atoms in total. The van der Waals surface area contributed by atoms with Crippen molar-refractivity contribution in [3.63, 3.8) is 0 Å². The Morgan fingerprint density at radius 1 is 0.853 bits per heavy atom.